The van der Waals surface area contributed by atoms with E-state index in [2.05, 4.69) is 0 Å². The van der Waals surface area contributed by atoms with E-state index < -0.39 is 28.3 Å². The molecule has 2 atom stereocenters. The standard InChI is InChI=1S/C6H10F2O2S/c1-5(2)4(3-11(9)10)6(5,7)8/h4H,3H2,1-2H3,(H,9,10). The minimum Gasteiger partial charge on any atom is -0.306 e. The summed E-state index contributed by atoms with van der Waals surface area (Å²) in [5.41, 5.74) is -1.09. The molecule has 0 aromatic carbocycles. The number of hydrogen-bond donors (Lipinski definition) is 1. The van der Waals surface area contributed by atoms with Crippen molar-refractivity contribution in [2.24, 2.45) is 11.3 Å². The van der Waals surface area contributed by atoms with E-state index >= 15 is 0 Å². The molecule has 0 aliphatic heterocycles. The van der Waals surface area contributed by atoms with Gasteiger partial charge in [-0.05, 0) is 0 Å². The quantitative estimate of drug-likeness (QED) is 0.660. The molecule has 1 N–H and O–H groups in total. The first kappa shape index (κ1) is 9.06. The Bertz CT molecular complexity index is 189. The summed E-state index contributed by atoms with van der Waals surface area (Å²) in [7, 11) is 0. The van der Waals surface area contributed by atoms with Gasteiger partial charge in [0.05, 0.1) is 5.75 Å². The molecule has 11 heavy (non-hydrogen) atoms. The molecule has 0 radical (unpaired) electrons. The van der Waals surface area contributed by atoms with Crippen LogP contribution >= 0.6 is 0 Å². The summed E-state index contributed by atoms with van der Waals surface area (Å²) >= 11 is -2.11. The first-order valence-corrected chi connectivity index (χ1v) is 4.53. The molecular weight excluding hydrogens is 174 g/mol. The highest BCUT2D eigenvalue weighted by Crippen LogP contribution is 2.65. The van der Waals surface area contributed by atoms with Crippen LogP contribution in [0.4, 0.5) is 8.78 Å². The van der Waals surface area contributed by atoms with Crippen LogP contribution in [0.3, 0.4) is 0 Å². The molecule has 1 saturated carbocycles. The van der Waals surface area contributed by atoms with Crippen LogP contribution < -0.4 is 0 Å². The first-order valence-electron chi connectivity index (χ1n) is 3.25. The normalized spacial score (nSPS) is 34.8. The predicted octanol–water partition coefficient (Wildman–Crippen LogP) is 1.50. The van der Waals surface area contributed by atoms with Crippen molar-refractivity contribution < 1.29 is 17.5 Å². The molecule has 0 bridgehead atoms. The minimum absolute atomic E-state index is 0.319. The van der Waals surface area contributed by atoms with E-state index in [1.165, 1.54) is 13.8 Å². The van der Waals surface area contributed by atoms with Gasteiger partial charge < -0.3 is 4.55 Å². The molecular formula is C6H10F2O2S. The maximum absolute atomic E-state index is 12.7. The lowest BCUT2D eigenvalue weighted by atomic mass is 10.1. The van der Waals surface area contributed by atoms with Crippen LogP contribution in [0.5, 0.6) is 0 Å². The Morgan fingerprint density at radius 3 is 2.00 bits per heavy atom. The molecule has 5 heteroatoms. The third-order valence-corrected chi connectivity index (χ3v) is 3.01. The van der Waals surface area contributed by atoms with Gasteiger partial charge in [0.1, 0.15) is 0 Å². The second kappa shape index (κ2) is 2.23. The summed E-state index contributed by atoms with van der Waals surface area (Å²) in [5, 5.41) is 0. The second-order valence-corrected chi connectivity index (χ2v) is 4.36. The van der Waals surface area contributed by atoms with Crippen molar-refractivity contribution in [2.45, 2.75) is 19.8 Å². The van der Waals surface area contributed by atoms with Crippen LogP contribution in [-0.2, 0) is 11.1 Å². The highest BCUT2D eigenvalue weighted by molar-refractivity contribution is 7.79. The van der Waals surface area contributed by atoms with Gasteiger partial charge in [-0.2, -0.15) is 0 Å². The summed E-state index contributed by atoms with van der Waals surface area (Å²) in [6, 6.07) is 0. The molecule has 1 aliphatic carbocycles. The Kier molecular flexibility index (Phi) is 1.84. The van der Waals surface area contributed by atoms with Crippen molar-refractivity contribution in [1.29, 1.82) is 0 Å². The zero-order valence-electron chi connectivity index (χ0n) is 6.30. The van der Waals surface area contributed by atoms with Gasteiger partial charge in [-0.1, -0.05) is 13.8 Å². The Morgan fingerprint density at radius 1 is 1.55 bits per heavy atom. The van der Waals surface area contributed by atoms with Gasteiger partial charge in [0, 0.05) is 11.3 Å². The maximum Gasteiger partial charge on any atom is 0.258 e. The predicted molar refractivity (Wildman–Crippen MR) is 37.9 cm³/mol. The van der Waals surface area contributed by atoms with Crippen molar-refractivity contribution in [3.63, 3.8) is 0 Å². The lowest BCUT2D eigenvalue weighted by Gasteiger charge is -1.96. The van der Waals surface area contributed by atoms with E-state index in [0.717, 1.165) is 0 Å². The van der Waals surface area contributed by atoms with Crippen molar-refractivity contribution >= 4 is 11.1 Å². The molecule has 2 unspecified atom stereocenters. The monoisotopic (exact) mass is 184 g/mol. The van der Waals surface area contributed by atoms with Gasteiger partial charge in [-0.25, -0.2) is 13.0 Å². The van der Waals surface area contributed by atoms with Crippen LogP contribution in [0.2, 0.25) is 0 Å². The third kappa shape index (κ3) is 1.20. The van der Waals surface area contributed by atoms with Crippen molar-refractivity contribution in [2.75, 3.05) is 5.75 Å². The van der Waals surface area contributed by atoms with Crippen LogP contribution in [0.25, 0.3) is 0 Å². The molecule has 1 rings (SSSR count). The number of halogens is 2. The molecule has 0 spiro atoms. The van der Waals surface area contributed by atoms with Gasteiger partial charge >= 0.3 is 0 Å². The zero-order valence-corrected chi connectivity index (χ0v) is 7.12. The molecule has 1 fully saturated rings. The lowest BCUT2D eigenvalue weighted by molar-refractivity contribution is 0.0685. The zero-order chi connectivity index (χ0) is 8.86. The summed E-state index contributed by atoms with van der Waals surface area (Å²) in [6.45, 7) is 2.81. The Labute approximate surface area is 66.3 Å². The highest BCUT2D eigenvalue weighted by Gasteiger charge is 2.74. The van der Waals surface area contributed by atoms with Crippen LogP contribution in [0.1, 0.15) is 13.8 Å². The number of hydrogen-bond acceptors (Lipinski definition) is 1. The van der Waals surface area contributed by atoms with Gasteiger partial charge in [0.25, 0.3) is 5.92 Å². The third-order valence-electron chi connectivity index (χ3n) is 2.39. The van der Waals surface area contributed by atoms with E-state index in [9.17, 15) is 13.0 Å². The molecule has 0 aromatic rings. The summed E-state index contributed by atoms with van der Waals surface area (Å²) in [6.07, 6.45) is 0. The molecule has 2 nitrogen and oxygen atoms in total. The van der Waals surface area contributed by atoms with E-state index in [1.54, 1.807) is 0 Å². The summed E-state index contributed by atoms with van der Waals surface area (Å²) in [5.74, 6) is -4.01. The SMILES string of the molecule is CC1(C)C(CS(=O)O)C1(F)F. The summed E-state index contributed by atoms with van der Waals surface area (Å²) < 4.78 is 43.9. The van der Waals surface area contributed by atoms with Gasteiger partial charge in [-0.15, -0.1) is 0 Å². The summed E-state index contributed by atoms with van der Waals surface area (Å²) in [4.78, 5) is 0. The van der Waals surface area contributed by atoms with Crippen LogP contribution in [0.15, 0.2) is 0 Å². The fourth-order valence-electron chi connectivity index (χ4n) is 1.21. The Morgan fingerprint density at radius 2 is 1.91 bits per heavy atom. The van der Waals surface area contributed by atoms with Gasteiger partial charge in [0.15, 0.2) is 11.1 Å². The smallest absolute Gasteiger partial charge is 0.258 e. The fourth-order valence-corrected chi connectivity index (χ4v) is 2.12. The van der Waals surface area contributed by atoms with E-state index in [-0.39, 0.29) is 5.75 Å². The molecule has 0 aromatic heterocycles. The van der Waals surface area contributed by atoms with Crippen molar-refractivity contribution in [3.05, 3.63) is 0 Å². The first-order chi connectivity index (χ1) is 4.80. The Balaban J connectivity index is 2.61. The molecule has 1 aliphatic rings. The van der Waals surface area contributed by atoms with E-state index in [1.807, 2.05) is 0 Å². The highest BCUT2D eigenvalue weighted by atomic mass is 32.2. The van der Waals surface area contributed by atoms with Crippen LogP contribution in [0, 0.1) is 11.3 Å². The average molecular weight is 184 g/mol. The second-order valence-electron chi connectivity index (χ2n) is 3.39. The molecule has 0 amide bonds. The number of alkyl halides is 2. The van der Waals surface area contributed by atoms with Crippen molar-refractivity contribution in [1.82, 2.24) is 0 Å². The molecule has 0 saturated heterocycles. The fraction of sp³-hybridized carbons (Fsp3) is 1.00. The molecule has 0 heterocycles. The average Bonchev–Trinajstić information content (AvgIpc) is 2.11. The van der Waals surface area contributed by atoms with Crippen LogP contribution in [-0.4, -0.2) is 20.4 Å². The Hall–Kier alpha value is -0.0300. The van der Waals surface area contributed by atoms with E-state index in [0.29, 0.717) is 0 Å². The largest absolute Gasteiger partial charge is 0.306 e. The topological polar surface area (TPSA) is 37.3 Å². The number of rotatable bonds is 2. The van der Waals surface area contributed by atoms with Gasteiger partial charge in [-0.3, -0.25) is 0 Å². The van der Waals surface area contributed by atoms with E-state index in [4.69, 9.17) is 4.55 Å². The lowest BCUT2D eigenvalue weighted by Crippen LogP contribution is -2.03. The van der Waals surface area contributed by atoms with Crippen molar-refractivity contribution in [3.8, 4) is 0 Å². The maximum atomic E-state index is 12.7. The van der Waals surface area contributed by atoms with Gasteiger partial charge in [0.2, 0.25) is 0 Å². The minimum atomic E-state index is -2.76. The molecule has 66 valence electrons.